The zero-order valence-electron chi connectivity index (χ0n) is 18.9. The van der Waals surface area contributed by atoms with E-state index < -0.39 is 6.10 Å². The standard InChI is InChI=1S/C24H28N4O5/c1-15-16(3-4-17-18(15)13-33-22(17)31)19(29)12-27-9-6-24(7-10-27)11-21(30)28(14-24)20-5-8-25-23(26-20)32-2/h3-5,8,19,29H,6-7,9-14H2,1-2H3/t19-/m0/s1. The first-order valence-electron chi connectivity index (χ1n) is 11.3. The van der Waals surface area contributed by atoms with Gasteiger partial charge in [-0.25, -0.2) is 9.78 Å². The number of piperidine rings is 1. The number of esters is 1. The second-order valence-electron chi connectivity index (χ2n) is 9.26. The molecule has 3 aliphatic heterocycles. The largest absolute Gasteiger partial charge is 0.467 e. The molecule has 33 heavy (non-hydrogen) atoms. The van der Waals surface area contributed by atoms with Crippen molar-refractivity contribution in [1.82, 2.24) is 14.9 Å². The molecule has 1 atom stereocenters. The van der Waals surface area contributed by atoms with Gasteiger partial charge in [-0.2, -0.15) is 4.98 Å². The number of aliphatic hydroxyl groups excluding tert-OH is 1. The van der Waals surface area contributed by atoms with E-state index in [-0.39, 0.29) is 29.9 Å². The van der Waals surface area contributed by atoms with Crippen LogP contribution in [0.5, 0.6) is 6.01 Å². The number of nitrogens with zero attached hydrogens (tertiary/aromatic N) is 4. The molecule has 0 aliphatic carbocycles. The predicted molar refractivity (Wildman–Crippen MR) is 119 cm³/mol. The summed E-state index contributed by atoms with van der Waals surface area (Å²) in [6, 6.07) is 5.58. The Bertz CT molecular complexity index is 1100. The zero-order valence-corrected chi connectivity index (χ0v) is 18.9. The molecule has 5 rings (SSSR count). The zero-order chi connectivity index (χ0) is 23.2. The number of aliphatic hydroxyl groups is 1. The summed E-state index contributed by atoms with van der Waals surface area (Å²) in [6.45, 7) is 5.00. The van der Waals surface area contributed by atoms with Crippen molar-refractivity contribution < 1.29 is 24.2 Å². The monoisotopic (exact) mass is 452 g/mol. The third kappa shape index (κ3) is 3.95. The average Bonchev–Trinajstić information content (AvgIpc) is 3.36. The molecule has 1 aromatic heterocycles. The van der Waals surface area contributed by atoms with Crippen molar-refractivity contribution in [3.05, 3.63) is 46.6 Å². The average molecular weight is 453 g/mol. The lowest BCUT2D eigenvalue weighted by Gasteiger charge is -2.39. The number of hydrogen-bond acceptors (Lipinski definition) is 8. The number of ether oxygens (including phenoxy) is 2. The lowest BCUT2D eigenvalue weighted by molar-refractivity contribution is -0.118. The van der Waals surface area contributed by atoms with Crippen LogP contribution in [0.25, 0.3) is 0 Å². The Morgan fingerprint density at radius 1 is 1.24 bits per heavy atom. The molecule has 9 nitrogen and oxygen atoms in total. The Hall–Kier alpha value is -3.04. The SMILES string of the molecule is COc1nccc(N2CC3(CCN(C[C@H](O)c4ccc5c(c4C)COC5=O)CC3)CC2=O)n1. The Morgan fingerprint density at radius 3 is 2.79 bits per heavy atom. The van der Waals surface area contributed by atoms with Gasteiger partial charge in [-0.1, -0.05) is 6.07 Å². The maximum Gasteiger partial charge on any atom is 0.338 e. The molecule has 1 N–H and O–H groups in total. The molecule has 9 heteroatoms. The fourth-order valence-corrected chi connectivity index (χ4v) is 5.30. The highest BCUT2D eigenvalue weighted by Crippen LogP contribution is 2.42. The molecular formula is C24H28N4O5. The fraction of sp³-hybridized carbons (Fsp3) is 0.500. The molecule has 0 saturated carbocycles. The highest BCUT2D eigenvalue weighted by Gasteiger charge is 2.46. The first kappa shape index (κ1) is 21.8. The summed E-state index contributed by atoms with van der Waals surface area (Å²) < 4.78 is 10.2. The minimum absolute atomic E-state index is 0.0715. The molecule has 2 fully saturated rings. The number of methoxy groups -OCH3 is 1. The summed E-state index contributed by atoms with van der Waals surface area (Å²) in [4.78, 5) is 36.9. The van der Waals surface area contributed by atoms with Gasteiger partial charge in [0.15, 0.2) is 0 Å². The maximum absolute atomic E-state index is 12.8. The summed E-state index contributed by atoms with van der Waals surface area (Å²) in [7, 11) is 1.51. The first-order chi connectivity index (χ1) is 15.9. The summed E-state index contributed by atoms with van der Waals surface area (Å²) in [5.41, 5.74) is 3.17. The van der Waals surface area contributed by atoms with Gasteiger partial charge < -0.3 is 19.5 Å². The third-order valence-electron chi connectivity index (χ3n) is 7.31. The molecule has 0 unspecified atom stereocenters. The van der Waals surface area contributed by atoms with Gasteiger partial charge in [0.25, 0.3) is 0 Å². The van der Waals surface area contributed by atoms with Gasteiger partial charge in [-0.05, 0) is 61.5 Å². The molecule has 174 valence electrons. The molecule has 0 radical (unpaired) electrons. The van der Waals surface area contributed by atoms with Crippen molar-refractivity contribution in [1.29, 1.82) is 0 Å². The van der Waals surface area contributed by atoms with E-state index in [0.717, 1.165) is 42.6 Å². The van der Waals surface area contributed by atoms with E-state index >= 15 is 0 Å². The number of likely N-dealkylation sites (tertiary alicyclic amines) is 1. The first-order valence-corrected chi connectivity index (χ1v) is 11.3. The molecule has 1 spiro atoms. The number of carbonyl (C=O) groups excluding carboxylic acids is 2. The number of amides is 1. The normalized spacial score (nSPS) is 20.8. The number of carbonyl (C=O) groups is 2. The van der Waals surface area contributed by atoms with Gasteiger partial charge >= 0.3 is 12.0 Å². The molecule has 1 aromatic carbocycles. The van der Waals surface area contributed by atoms with Crippen molar-refractivity contribution in [3.8, 4) is 6.01 Å². The smallest absolute Gasteiger partial charge is 0.338 e. The number of cyclic esters (lactones) is 1. The quantitative estimate of drug-likeness (QED) is 0.687. The Labute approximate surface area is 192 Å². The Morgan fingerprint density at radius 2 is 2.03 bits per heavy atom. The summed E-state index contributed by atoms with van der Waals surface area (Å²) in [5.74, 6) is 0.363. The second kappa shape index (κ2) is 8.39. The van der Waals surface area contributed by atoms with Gasteiger partial charge in [0.1, 0.15) is 12.4 Å². The van der Waals surface area contributed by atoms with Crippen LogP contribution in [0, 0.1) is 12.3 Å². The molecule has 2 aromatic rings. The van der Waals surface area contributed by atoms with E-state index in [1.54, 1.807) is 23.2 Å². The highest BCUT2D eigenvalue weighted by molar-refractivity contribution is 5.95. The molecule has 4 heterocycles. The molecule has 2 saturated heterocycles. The lowest BCUT2D eigenvalue weighted by Crippen LogP contribution is -2.43. The number of fused-ring (bicyclic) bond motifs is 1. The van der Waals surface area contributed by atoms with E-state index in [4.69, 9.17) is 9.47 Å². The van der Waals surface area contributed by atoms with Crippen molar-refractivity contribution in [2.24, 2.45) is 5.41 Å². The highest BCUT2D eigenvalue weighted by atomic mass is 16.5. The molecule has 0 bridgehead atoms. The van der Waals surface area contributed by atoms with E-state index in [1.165, 1.54) is 7.11 Å². The number of aromatic nitrogens is 2. The second-order valence-corrected chi connectivity index (χ2v) is 9.26. The van der Waals surface area contributed by atoms with Crippen LogP contribution in [-0.4, -0.2) is 65.1 Å². The van der Waals surface area contributed by atoms with Crippen molar-refractivity contribution in [2.75, 3.05) is 38.2 Å². The van der Waals surface area contributed by atoms with Crippen LogP contribution in [0.1, 0.15) is 52.4 Å². The van der Waals surface area contributed by atoms with Crippen LogP contribution in [0.2, 0.25) is 0 Å². The van der Waals surface area contributed by atoms with Gasteiger partial charge in [0.2, 0.25) is 5.91 Å². The van der Waals surface area contributed by atoms with Crippen LogP contribution in [-0.2, 0) is 16.1 Å². The summed E-state index contributed by atoms with van der Waals surface area (Å²) in [5, 5.41) is 10.9. The number of anilines is 1. The number of rotatable bonds is 5. The van der Waals surface area contributed by atoms with E-state index in [2.05, 4.69) is 14.9 Å². The Balaban J connectivity index is 1.22. The van der Waals surface area contributed by atoms with Crippen LogP contribution in [0.15, 0.2) is 24.4 Å². The van der Waals surface area contributed by atoms with Crippen molar-refractivity contribution >= 4 is 17.7 Å². The lowest BCUT2D eigenvalue weighted by atomic mass is 9.77. The van der Waals surface area contributed by atoms with E-state index in [0.29, 0.717) is 30.9 Å². The Kier molecular flexibility index (Phi) is 5.54. The molecule has 1 amide bonds. The number of hydrogen-bond donors (Lipinski definition) is 1. The predicted octanol–water partition coefficient (Wildman–Crippen LogP) is 2.02. The van der Waals surface area contributed by atoms with Gasteiger partial charge in [-0.3, -0.25) is 9.69 Å². The molecular weight excluding hydrogens is 424 g/mol. The minimum Gasteiger partial charge on any atom is -0.467 e. The number of β-amino-alcohol motifs (C(OH)–C–C–N with tert-alkyl or cyclic N) is 1. The summed E-state index contributed by atoms with van der Waals surface area (Å²) in [6.07, 6.45) is 3.24. The van der Waals surface area contributed by atoms with Gasteiger partial charge in [-0.15, -0.1) is 0 Å². The van der Waals surface area contributed by atoms with Crippen LogP contribution in [0.4, 0.5) is 5.82 Å². The number of benzene rings is 1. The minimum atomic E-state index is -0.643. The maximum atomic E-state index is 12.8. The van der Waals surface area contributed by atoms with Crippen molar-refractivity contribution in [3.63, 3.8) is 0 Å². The van der Waals surface area contributed by atoms with Gasteiger partial charge in [0.05, 0.1) is 18.8 Å². The molecule has 3 aliphatic rings. The van der Waals surface area contributed by atoms with Crippen LogP contribution >= 0.6 is 0 Å². The summed E-state index contributed by atoms with van der Waals surface area (Å²) >= 11 is 0. The topological polar surface area (TPSA) is 105 Å². The van der Waals surface area contributed by atoms with E-state index in [1.807, 2.05) is 13.0 Å². The fourth-order valence-electron chi connectivity index (χ4n) is 5.30. The van der Waals surface area contributed by atoms with E-state index in [9.17, 15) is 14.7 Å². The third-order valence-corrected chi connectivity index (χ3v) is 7.31. The van der Waals surface area contributed by atoms with Crippen LogP contribution in [0.3, 0.4) is 0 Å². The van der Waals surface area contributed by atoms with Crippen LogP contribution < -0.4 is 9.64 Å². The van der Waals surface area contributed by atoms with Crippen molar-refractivity contribution in [2.45, 2.75) is 38.9 Å². The van der Waals surface area contributed by atoms with Gasteiger partial charge in [0, 0.05) is 31.3 Å².